The van der Waals surface area contributed by atoms with E-state index in [1.54, 1.807) is 14.2 Å². The number of carbonyl (C=O) groups excluding carboxylic acids is 1. The van der Waals surface area contributed by atoms with Gasteiger partial charge in [0.15, 0.2) is 0 Å². The molecule has 3 rings (SSSR count). The summed E-state index contributed by atoms with van der Waals surface area (Å²) in [6, 6.07) is 8.23. The van der Waals surface area contributed by atoms with Crippen molar-refractivity contribution < 1.29 is 19.0 Å². The number of nitrogens with one attached hydrogen (secondary N) is 2. The molecular weight excluding hydrogens is 429 g/mol. The lowest BCUT2D eigenvalue weighted by Crippen LogP contribution is -2.52. The summed E-state index contributed by atoms with van der Waals surface area (Å²) in [6.45, 7) is 5.90. The molecule has 0 aromatic heterocycles. The molecule has 2 aliphatic rings. The Balaban J connectivity index is 0.00000225. The van der Waals surface area contributed by atoms with Crippen molar-refractivity contribution in [2.75, 3.05) is 66.8 Å². The zero-order valence-corrected chi connectivity index (χ0v) is 19.5. The highest BCUT2D eigenvalue weighted by atomic mass is 35.5. The summed E-state index contributed by atoms with van der Waals surface area (Å²) in [5, 5.41) is 6.58. The van der Waals surface area contributed by atoms with Gasteiger partial charge in [0.05, 0.1) is 38.4 Å². The number of methoxy groups -OCH3 is 2. The van der Waals surface area contributed by atoms with E-state index < -0.39 is 5.41 Å². The minimum atomic E-state index is -0.435. The molecule has 0 aliphatic carbocycles. The summed E-state index contributed by atoms with van der Waals surface area (Å²) in [5.74, 6) is 0.935. The normalized spacial score (nSPS) is 19.7. The summed E-state index contributed by atoms with van der Waals surface area (Å²) >= 11 is 0. The van der Waals surface area contributed by atoms with Crippen molar-refractivity contribution in [2.45, 2.75) is 18.9 Å². The van der Waals surface area contributed by atoms with Gasteiger partial charge >= 0.3 is 0 Å². The molecule has 172 valence electrons. The Kier molecular flexibility index (Phi) is 12.0. The zero-order chi connectivity index (χ0) is 19.8. The van der Waals surface area contributed by atoms with Crippen molar-refractivity contribution in [1.29, 1.82) is 0 Å². The molecule has 1 aromatic carbocycles. The third-order valence-electron chi connectivity index (χ3n) is 5.91. The monoisotopic (exact) mass is 463 g/mol. The van der Waals surface area contributed by atoms with E-state index in [1.807, 2.05) is 12.1 Å². The lowest BCUT2D eigenvalue weighted by atomic mass is 9.78. The second kappa shape index (κ2) is 13.3. The number of halogens is 2. The smallest absolute Gasteiger partial charge is 0.228 e. The maximum Gasteiger partial charge on any atom is 0.228 e. The number of amides is 1. The Morgan fingerprint density at radius 2 is 1.80 bits per heavy atom. The molecule has 0 spiro atoms. The Hall–Kier alpha value is -1.09. The predicted molar refractivity (Wildman–Crippen MR) is 122 cm³/mol. The second-order valence-electron chi connectivity index (χ2n) is 7.61. The fourth-order valence-electron chi connectivity index (χ4n) is 4.17. The summed E-state index contributed by atoms with van der Waals surface area (Å²) in [4.78, 5) is 15.5. The van der Waals surface area contributed by atoms with Crippen LogP contribution in [0.3, 0.4) is 0 Å². The molecule has 1 aromatic rings. The van der Waals surface area contributed by atoms with E-state index in [0.717, 1.165) is 58.0 Å². The summed E-state index contributed by atoms with van der Waals surface area (Å²) in [5.41, 5.74) is 0.740. The Labute approximate surface area is 192 Å². The average molecular weight is 464 g/mol. The number of ether oxygens (including phenoxy) is 3. The van der Waals surface area contributed by atoms with Gasteiger partial charge in [-0.05, 0) is 43.6 Å². The number of carbonyl (C=O) groups is 1. The molecule has 7 nitrogen and oxygen atoms in total. The molecule has 1 unspecified atom stereocenters. The standard InChI is InChI=1S/C21H33N3O4.2ClH/c1-26-16-21(7-9-22-10-8-21)20(25)23-15-19(24-11-13-28-14-12-24)17-3-5-18(27-2)6-4-17;;/h3-6,19,22H,7-16H2,1-2H3,(H,23,25);2*1H. The molecule has 2 fully saturated rings. The average Bonchev–Trinajstić information content (AvgIpc) is 2.76. The van der Waals surface area contributed by atoms with Crippen LogP contribution < -0.4 is 15.4 Å². The molecule has 30 heavy (non-hydrogen) atoms. The van der Waals surface area contributed by atoms with E-state index in [-0.39, 0.29) is 36.8 Å². The molecule has 0 radical (unpaired) electrons. The Bertz CT molecular complexity index is 616. The van der Waals surface area contributed by atoms with Crippen LogP contribution in [0.1, 0.15) is 24.4 Å². The number of benzene rings is 1. The molecule has 1 amide bonds. The number of morpholine rings is 1. The highest BCUT2D eigenvalue weighted by Gasteiger charge is 2.40. The highest BCUT2D eigenvalue weighted by Crippen LogP contribution is 2.30. The van der Waals surface area contributed by atoms with Gasteiger partial charge in [0.1, 0.15) is 5.75 Å². The van der Waals surface area contributed by atoms with Gasteiger partial charge in [0.2, 0.25) is 5.91 Å². The lowest BCUT2D eigenvalue weighted by molar-refractivity contribution is -0.136. The van der Waals surface area contributed by atoms with Crippen LogP contribution in [0.4, 0.5) is 0 Å². The van der Waals surface area contributed by atoms with Crippen molar-refractivity contribution in [3.63, 3.8) is 0 Å². The van der Waals surface area contributed by atoms with E-state index in [0.29, 0.717) is 13.2 Å². The first kappa shape index (κ1) is 26.9. The van der Waals surface area contributed by atoms with Crippen LogP contribution in [0, 0.1) is 5.41 Å². The van der Waals surface area contributed by atoms with E-state index in [9.17, 15) is 4.79 Å². The van der Waals surface area contributed by atoms with Crippen LogP contribution in [-0.2, 0) is 14.3 Å². The third-order valence-corrected chi connectivity index (χ3v) is 5.91. The van der Waals surface area contributed by atoms with Gasteiger partial charge in [0.25, 0.3) is 0 Å². The number of hydrogen-bond donors (Lipinski definition) is 2. The first-order chi connectivity index (χ1) is 13.7. The van der Waals surface area contributed by atoms with Gasteiger partial charge in [-0.25, -0.2) is 0 Å². The van der Waals surface area contributed by atoms with E-state index in [1.165, 1.54) is 5.56 Å². The highest BCUT2D eigenvalue weighted by molar-refractivity contribution is 5.85. The van der Waals surface area contributed by atoms with Crippen LogP contribution in [0.2, 0.25) is 0 Å². The van der Waals surface area contributed by atoms with Gasteiger partial charge in [-0.1, -0.05) is 12.1 Å². The van der Waals surface area contributed by atoms with Gasteiger partial charge in [-0.2, -0.15) is 0 Å². The minimum absolute atomic E-state index is 0. The first-order valence-electron chi connectivity index (χ1n) is 10.1. The fraction of sp³-hybridized carbons (Fsp3) is 0.667. The van der Waals surface area contributed by atoms with E-state index >= 15 is 0 Å². The number of piperidine rings is 1. The van der Waals surface area contributed by atoms with Crippen LogP contribution >= 0.6 is 24.8 Å². The SMILES string of the molecule is COCC1(C(=O)NCC(c2ccc(OC)cc2)N2CCOCC2)CCNCC1.Cl.Cl. The minimum Gasteiger partial charge on any atom is -0.497 e. The first-order valence-corrected chi connectivity index (χ1v) is 10.1. The fourth-order valence-corrected chi connectivity index (χ4v) is 4.17. The van der Waals surface area contributed by atoms with Gasteiger partial charge in [0, 0.05) is 26.7 Å². The van der Waals surface area contributed by atoms with E-state index in [2.05, 4.69) is 27.7 Å². The van der Waals surface area contributed by atoms with Crippen LogP contribution in [0.15, 0.2) is 24.3 Å². The molecule has 0 bridgehead atoms. The molecule has 2 saturated heterocycles. The van der Waals surface area contributed by atoms with Crippen LogP contribution in [0.25, 0.3) is 0 Å². The third kappa shape index (κ3) is 6.70. The number of nitrogens with zero attached hydrogens (tertiary/aromatic N) is 1. The molecule has 1 atom stereocenters. The van der Waals surface area contributed by atoms with Crippen molar-refractivity contribution >= 4 is 30.7 Å². The predicted octanol–water partition coefficient (Wildman–Crippen LogP) is 2.04. The van der Waals surface area contributed by atoms with Crippen molar-refractivity contribution in [2.24, 2.45) is 5.41 Å². The molecule has 2 aliphatic heterocycles. The van der Waals surface area contributed by atoms with Crippen molar-refractivity contribution in [1.82, 2.24) is 15.5 Å². The van der Waals surface area contributed by atoms with Crippen molar-refractivity contribution in [3.8, 4) is 5.75 Å². The maximum atomic E-state index is 13.1. The Morgan fingerprint density at radius 1 is 1.17 bits per heavy atom. The number of hydrogen-bond acceptors (Lipinski definition) is 6. The largest absolute Gasteiger partial charge is 0.497 e. The number of rotatable bonds is 8. The molecule has 2 N–H and O–H groups in total. The summed E-state index contributed by atoms with van der Waals surface area (Å²) in [7, 11) is 3.34. The zero-order valence-electron chi connectivity index (χ0n) is 17.9. The molecular formula is C21H35Cl2N3O4. The summed E-state index contributed by atoms with van der Waals surface area (Å²) < 4.78 is 16.2. The molecule has 9 heteroatoms. The van der Waals surface area contributed by atoms with Crippen molar-refractivity contribution in [3.05, 3.63) is 29.8 Å². The van der Waals surface area contributed by atoms with Crippen LogP contribution in [0.5, 0.6) is 5.75 Å². The molecule has 0 saturated carbocycles. The second-order valence-corrected chi connectivity index (χ2v) is 7.61. The maximum absolute atomic E-state index is 13.1. The van der Waals surface area contributed by atoms with E-state index in [4.69, 9.17) is 14.2 Å². The topological polar surface area (TPSA) is 72.1 Å². The van der Waals surface area contributed by atoms with Crippen LogP contribution in [-0.4, -0.2) is 77.6 Å². The lowest BCUT2D eigenvalue weighted by Gasteiger charge is -2.38. The quantitative estimate of drug-likeness (QED) is 0.614. The summed E-state index contributed by atoms with van der Waals surface area (Å²) in [6.07, 6.45) is 1.61. The Morgan fingerprint density at radius 3 is 2.37 bits per heavy atom. The van der Waals surface area contributed by atoms with Gasteiger partial charge < -0.3 is 24.8 Å². The van der Waals surface area contributed by atoms with Gasteiger partial charge in [-0.15, -0.1) is 24.8 Å². The molecule has 2 heterocycles. The van der Waals surface area contributed by atoms with Gasteiger partial charge in [-0.3, -0.25) is 9.69 Å².